The highest BCUT2D eigenvalue weighted by molar-refractivity contribution is 7.89. The fourth-order valence-electron chi connectivity index (χ4n) is 1.70. The van der Waals surface area contributed by atoms with E-state index < -0.39 is 16.1 Å². The quantitative estimate of drug-likeness (QED) is 0.699. The molecule has 3 N–H and O–H groups in total. The molecular formula is C13H21N3O4S. The molecule has 0 aliphatic carbocycles. The van der Waals surface area contributed by atoms with Crippen molar-refractivity contribution in [1.29, 1.82) is 0 Å². The molecule has 0 aliphatic rings. The fourth-order valence-corrected chi connectivity index (χ4v) is 2.75. The first-order chi connectivity index (χ1) is 9.72. The molecule has 1 rings (SSSR count). The molecule has 0 spiro atoms. The lowest BCUT2D eigenvalue weighted by Gasteiger charge is -2.14. The summed E-state index contributed by atoms with van der Waals surface area (Å²) in [5.74, 6) is 0. The first-order valence-corrected chi connectivity index (χ1v) is 7.97. The molecule has 0 radical (unpaired) electrons. The van der Waals surface area contributed by atoms with Gasteiger partial charge in [-0.25, -0.2) is 17.9 Å². The average Bonchev–Trinajstić information content (AvgIpc) is 2.37. The Kier molecular flexibility index (Phi) is 5.98. The zero-order valence-electron chi connectivity index (χ0n) is 12.3. The molecule has 7 nitrogen and oxygen atoms in total. The van der Waals surface area contributed by atoms with Gasteiger partial charge in [-0.05, 0) is 37.6 Å². The Morgan fingerprint density at radius 3 is 2.33 bits per heavy atom. The van der Waals surface area contributed by atoms with Gasteiger partial charge in [0, 0.05) is 32.4 Å². The van der Waals surface area contributed by atoms with E-state index in [1.807, 2.05) is 19.0 Å². The Labute approximate surface area is 125 Å². The standard InChI is InChI=1S/C13H21N3O4S/c1-10(15-13(17)18)8-9-14-21(19,20)12-6-4-11(5-7-12)16(2)3/h4-7,10,14-15H,8-9H2,1-3H3,(H,17,18). The summed E-state index contributed by atoms with van der Waals surface area (Å²) in [4.78, 5) is 12.5. The fraction of sp³-hybridized carbons (Fsp3) is 0.462. The first kappa shape index (κ1) is 17.3. The van der Waals surface area contributed by atoms with Gasteiger partial charge in [0.05, 0.1) is 4.90 Å². The molecule has 118 valence electrons. The van der Waals surface area contributed by atoms with Crippen LogP contribution in [0.25, 0.3) is 0 Å². The SMILES string of the molecule is CC(CCNS(=O)(=O)c1ccc(N(C)C)cc1)NC(=O)O. The largest absolute Gasteiger partial charge is 0.465 e. The van der Waals surface area contributed by atoms with Crippen LogP contribution in [0.5, 0.6) is 0 Å². The van der Waals surface area contributed by atoms with Crippen molar-refractivity contribution < 1.29 is 18.3 Å². The average molecular weight is 315 g/mol. The molecule has 0 saturated heterocycles. The van der Waals surface area contributed by atoms with Crippen molar-refractivity contribution in [2.75, 3.05) is 25.5 Å². The smallest absolute Gasteiger partial charge is 0.404 e. The predicted molar refractivity (Wildman–Crippen MR) is 81.2 cm³/mol. The van der Waals surface area contributed by atoms with Gasteiger partial charge >= 0.3 is 6.09 Å². The van der Waals surface area contributed by atoms with E-state index in [0.29, 0.717) is 6.42 Å². The number of sulfonamides is 1. The molecule has 0 bridgehead atoms. The molecule has 1 atom stereocenters. The summed E-state index contributed by atoms with van der Waals surface area (Å²) in [7, 11) is 0.177. The summed E-state index contributed by atoms with van der Waals surface area (Å²) < 4.78 is 26.6. The van der Waals surface area contributed by atoms with Crippen LogP contribution < -0.4 is 14.9 Å². The molecule has 0 aliphatic heterocycles. The van der Waals surface area contributed by atoms with Gasteiger partial charge in [0.15, 0.2) is 0 Å². The summed E-state index contributed by atoms with van der Waals surface area (Å²) in [5, 5.41) is 10.8. The molecule has 1 amide bonds. The van der Waals surface area contributed by atoms with Crippen molar-refractivity contribution in [1.82, 2.24) is 10.0 Å². The van der Waals surface area contributed by atoms with E-state index >= 15 is 0 Å². The Bertz CT molecular complexity index is 570. The van der Waals surface area contributed by atoms with Crippen molar-refractivity contribution in [2.45, 2.75) is 24.3 Å². The second-order valence-corrected chi connectivity index (χ2v) is 6.69. The summed E-state index contributed by atoms with van der Waals surface area (Å²) in [6, 6.07) is 6.21. The summed E-state index contributed by atoms with van der Waals surface area (Å²) >= 11 is 0. The number of anilines is 1. The van der Waals surface area contributed by atoms with Gasteiger partial charge in [0.2, 0.25) is 10.0 Å². The number of hydrogen-bond acceptors (Lipinski definition) is 4. The lowest BCUT2D eigenvalue weighted by Crippen LogP contribution is -2.35. The number of carbonyl (C=O) groups is 1. The highest BCUT2D eigenvalue weighted by Crippen LogP contribution is 2.15. The van der Waals surface area contributed by atoms with Gasteiger partial charge in [-0.2, -0.15) is 0 Å². The van der Waals surface area contributed by atoms with Crippen LogP contribution in [0.4, 0.5) is 10.5 Å². The second kappa shape index (κ2) is 7.28. The minimum Gasteiger partial charge on any atom is -0.465 e. The minimum atomic E-state index is -3.57. The second-order valence-electron chi connectivity index (χ2n) is 4.93. The van der Waals surface area contributed by atoms with Gasteiger partial charge in [-0.15, -0.1) is 0 Å². The van der Waals surface area contributed by atoms with Crippen LogP contribution in [0.3, 0.4) is 0 Å². The molecule has 0 saturated carbocycles. The number of nitrogens with zero attached hydrogens (tertiary/aromatic N) is 1. The predicted octanol–water partition coefficient (Wildman–Crippen LogP) is 1.08. The van der Waals surface area contributed by atoms with Crippen LogP contribution in [0, 0.1) is 0 Å². The lowest BCUT2D eigenvalue weighted by molar-refractivity contribution is 0.190. The Morgan fingerprint density at radius 2 is 1.86 bits per heavy atom. The van der Waals surface area contributed by atoms with Crippen LogP contribution in [0.15, 0.2) is 29.2 Å². The van der Waals surface area contributed by atoms with Crippen molar-refractivity contribution in [3.05, 3.63) is 24.3 Å². The number of amides is 1. The summed E-state index contributed by atoms with van der Waals surface area (Å²) in [6.45, 7) is 1.84. The van der Waals surface area contributed by atoms with E-state index in [1.165, 1.54) is 12.1 Å². The summed E-state index contributed by atoms with van der Waals surface area (Å²) in [6.07, 6.45) is -0.744. The van der Waals surface area contributed by atoms with Gasteiger partial charge < -0.3 is 15.3 Å². The Hall–Kier alpha value is -1.80. The molecule has 0 heterocycles. The van der Waals surface area contributed by atoms with E-state index in [4.69, 9.17) is 5.11 Å². The number of hydrogen-bond donors (Lipinski definition) is 3. The van der Waals surface area contributed by atoms with Crippen molar-refractivity contribution in [3.8, 4) is 0 Å². The van der Waals surface area contributed by atoms with Crippen LogP contribution in [0.1, 0.15) is 13.3 Å². The topological polar surface area (TPSA) is 98.7 Å². The number of benzene rings is 1. The third-order valence-corrected chi connectivity index (χ3v) is 4.38. The Morgan fingerprint density at radius 1 is 1.29 bits per heavy atom. The van der Waals surface area contributed by atoms with Gasteiger partial charge in [-0.3, -0.25) is 0 Å². The monoisotopic (exact) mass is 315 g/mol. The number of carboxylic acid groups (broad SMARTS) is 1. The van der Waals surface area contributed by atoms with Crippen molar-refractivity contribution in [3.63, 3.8) is 0 Å². The van der Waals surface area contributed by atoms with Gasteiger partial charge in [0.1, 0.15) is 0 Å². The van der Waals surface area contributed by atoms with E-state index in [0.717, 1.165) is 5.69 Å². The minimum absolute atomic E-state index is 0.166. The third-order valence-electron chi connectivity index (χ3n) is 2.90. The molecular weight excluding hydrogens is 294 g/mol. The third kappa shape index (κ3) is 5.60. The molecule has 1 unspecified atom stereocenters. The number of rotatable bonds is 7. The molecule has 0 aromatic heterocycles. The van der Waals surface area contributed by atoms with E-state index in [2.05, 4.69) is 10.0 Å². The first-order valence-electron chi connectivity index (χ1n) is 6.49. The van der Waals surface area contributed by atoms with Gasteiger partial charge in [0.25, 0.3) is 0 Å². The van der Waals surface area contributed by atoms with Crippen LogP contribution >= 0.6 is 0 Å². The highest BCUT2D eigenvalue weighted by Gasteiger charge is 2.14. The van der Waals surface area contributed by atoms with Crippen LogP contribution in [0.2, 0.25) is 0 Å². The Balaban J connectivity index is 2.59. The lowest BCUT2D eigenvalue weighted by atomic mass is 10.2. The van der Waals surface area contributed by atoms with E-state index in [1.54, 1.807) is 19.1 Å². The van der Waals surface area contributed by atoms with E-state index in [-0.39, 0.29) is 17.5 Å². The molecule has 8 heteroatoms. The highest BCUT2D eigenvalue weighted by atomic mass is 32.2. The maximum absolute atomic E-state index is 12.1. The van der Waals surface area contributed by atoms with Crippen molar-refractivity contribution in [2.24, 2.45) is 0 Å². The van der Waals surface area contributed by atoms with Crippen LogP contribution in [-0.2, 0) is 10.0 Å². The zero-order valence-corrected chi connectivity index (χ0v) is 13.1. The molecule has 1 aromatic rings. The maximum Gasteiger partial charge on any atom is 0.404 e. The summed E-state index contributed by atoms with van der Waals surface area (Å²) in [5.41, 5.74) is 0.910. The molecule has 21 heavy (non-hydrogen) atoms. The number of nitrogens with one attached hydrogen (secondary N) is 2. The van der Waals surface area contributed by atoms with Crippen LogP contribution in [-0.4, -0.2) is 46.3 Å². The van der Waals surface area contributed by atoms with Crippen molar-refractivity contribution >= 4 is 21.8 Å². The van der Waals surface area contributed by atoms with E-state index in [9.17, 15) is 13.2 Å². The molecule has 0 fully saturated rings. The molecule has 1 aromatic carbocycles. The van der Waals surface area contributed by atoms with Gasteiger partial charge in [-0.1, -0.05) is 0 Å². The maximum atomic E-state index is 12.1. The zero-order chi connectivity index (χ0) is 16.0. The normalized spacial score (nSPS) is 12.7.